The molecule has 0 saturated heterocycles. The van der Waals surface area contributed by atoms with Gasteiger partial charge in [0.15, 0.2) is 23.0 Å². The summed E-state index contributed by atoms with van der Waals surface area (Å²) in [5, 5.41) is 4.96. The monoisotopic (exact) mass is 490 g/mol. The summed E-state index contributed by atoms with van der Waals surface area (Å²) in [6, 6.07) is 6.86. The van der Waals surface area contributed by atoms with Crippen LogP contribution in [0.25, 0.3) is 0 Å². The fraction of sp³-hybridized carbons (Fsp3) is 0.560. The first-order valence-corrected chi connectivity index (χ1v) is 11.7. The maximum atomic E-state index is 13.1. The van der Waals surface area contributed by atoms with Crippen LogP contribution >= 0.6 is 0 Å². The number of Topliss-reactive ketones (excluding diaryl/α,β-unsaturated/α-hetero) is 3. The number of hydrogen-bond acceptors (Lipinski definition) is 8. The third-order valence-electron chi connectivity index (χ3n) is 5.21. The van der Waals surface area contributed by atoms with E-state index in [0.717, 1.165) is 5.56 Å². The average molecular weight is 491 g/mol. The molecular weight excluding hydrogens is 452 g/mol. The van der Waals surface area contributed by atoms with Gasteiger partial charge in [-0.1, -0.05) is 58.0 Å². The van der Waals surface area contributed by atoms with E-state index in [9.17, 15) is 24.0 Å². The van der Waals surface area contributed by atoms with Gasteiger partial charge in [-0.25, -0.2) is 4.79 Å². The number of nitrogens with two attached hydrogens (primary N) is 2. The van der Waals surface area contributed by atoms with Crippen molar-refractivity contribution in [3.8, 4) is 0 Å². The van der Waals surface area contributed by atoms with Crippen LogP contribution in [0.2, 0.25) is 0 Å². The van der Waals surface area contributed by atoms with Crippen LogP contribution in [0.1, 0.15) is 59.4 Å². The third kappa shape index (κ3) is 10.4. The van der Waals surface area contributed by atoms with Crippen LogP contribution in [0.5, 0.6) is 0 Å². The Bertz CT molecular complexity index is 898. The minimum atomic E-state index is -2.51. The van der Waals surface area contributed by atoms with Gasteiger partial charge in [0.05, 0.1) is 18.5 Å². The number of benzene rings is 1. The van der Waals surface area contributed by atoms with Crippen molar-refractivity contribution in [3.05, 3.63) is 35.9 Å². The van der Waals surface area contributed by atoms with E-state index in [-0.39, 0.29) is 24.9 Å². The van der Waals surface area contributed by atoms with Crippen molar-refractivity contribution in [1.29, 1.82) is 0 Å². The Hall–Kier alpha value is -3.11. The number of carbonyl (C=O) groups excluding carboxylic acids is 5. The highest BCUT2D eigenvalue weighted by Gasteiger charge is 2.43. The summed E-state index contributed by atoms with van der Waals surface area (Å²) in [6.07, 6.45) is -1.14. The van der Waals surface area contributed by atoms with Gasteiger partial charge in [0.25, 0.3) is 0 Å². The Morgan fingerprint density at radius 1 is 0.886 bits per heavy atom. The van der Waals surface area contributed by atoms with Crippen molar-refractivity contribution < 1.29 is 28.7 Å². The second-order valence-corrected chi connectivity index (χ2v) is 9.57. The molecule has 10 nitrogen and oxygen atoms in total. The zero-order valence-electron chi connectivity index (χ0n) is 21.1. The lowest BCUT2D eigenvalue weighted by atomic mass is 9.87. The molecule has 1 rings (SSSR count). The fourth-order valence-electron chi connectivity index (χ4n) is 3.45. The summed E-state index contributed by atoms with van der Waals surface area (Å²) < 4.78 is 5.17. The SMILES string of the molecule is CC(=O)N[C@@H](CC(C)C)C(=O)CC(=O)C(N)(N)C(=O)[C@H](CC(C)C)NC(=O)OCc1ccccc1. The summed E-state index contributed by atoms with van der Waals surface area (Å²) in [5.74, 6) is -2.94. The fourth-order valence-corrected chi connectivity index (χ4v) is 3.45. The van der Waals surface area contributed by atoms with Crippen molar-refractivity contribution in [2.45, 2.75) is 78.2 Å². The zero-order chi connectivity index (χ0) is 26.8. The van der Waals surface area contributed by atoms with Crippen molar-refractivity contribution in [1.82, 2.24) is 10.6 Å². The summed E-state index contributed by atoms with van der Waals surface area (Å²) in [5.41, 5.74) is 10.1. The molecule has 0 saturated carbocycles. The van der Waals surface area contributed by atoms with Crippen molar-refractivity contribution in [3.63, 3.8) is 0 Å². The zero-order valence-corrected chi connectivity index (χ0v) is 21.1. The summed E-state index contributed by atoms with van der Waals surface area (Å²) in [6.45, 7) is 8.62. The highest BCUT2D eigenvalue weighted by molar-refractivity contribution is 6.18. The second kappa shape index (κ2) is 13.7. The van der Waals surface area contributed by atoms with Crippen LogP contribution in [-0.2, 0) is 30.5 Å². The number of amides is 2. The molecule has 2 amide bonds. The van der Waals surface area contributed by atoms with E-state index < -0.39 is 53.5 Å². The van der Waals surface area contributed by atoms with Crippen LogP contribution in [0.4, 0.5) is 4.79 Å². The van der Waals surface area contributed by atoms with E-state index in [1.165, 1.54) is 6.92 Å². The summed E-state index contributed by atoms with van der Waals surface area (Å²) >= 11 is 0. The molecule has 2 atom stereocenters. The first-order valence-electron chi connectivity index (χ1n) is 11.7. The number of rotatable bonds is 14. The molecule has 1 aromatic carbocycles. The molecule has 0 aromatic heterocycles. The van der Waals surface area contributed by atoms with E-state index in [4.69, 9.17) is 16.2 Å². The topological polar surface area (TPSA) is 171 Å². The van der Waals surface area contributed by atoms with Crippen molar-refractivity contribution in [2.75, 3.05) is 0 Å². The van der Waals surface area contributed by atoms with Gasteiger partial charge in [0, 0.05) is 6.92 Å². The Morgan fingerprint density at radius 2 is 1.43 bits per heavy atom. The lowest BCUT2D eigenvalue weighted by molar-refractivity contribution is -0.138. The van der Waals surface area contributed by atoms with Crippen molar-refractivity contribution >= 4 is 29.4 Å². The van der Waals surface area contributed by atoms with Gasteiger partial charge in [-0.05, 0) is 30.2 Å². The van der Waals surface area contributed by atoms with Gasteiger partial charge < -0.3 is 26.8 Å². The minimum Gasteiger partial charge on any atom is -0.445 e. The lowest BCUT2D eigenvalue weighted by Crippen LogP contribution is -2.68. The smallest absolute Gasteiger partial charge is 0.408 e. The van der Waals surface area contributed by atoms with Gasteiger partial charge in [-0.15, -0.1) is 0 Å². The molecule has 6 N–H and O–H groups in total. The van der Waals surface area contributed by atoms with Crippen molar-refractivity contribution in [2.24, 2.45) is 23.3 Å². The quantitative estimate of drug-likeness (QED) is 0.225. The predicted octanol–water partition coefficient (Wildman–Crippen LogP) is 1.59. The predicted molar refractivity (Wildman–Crippen MR) is 131 cm³/mol. The maximum absolute atomic E-state index is 13.1. The molecule has 0 aliphatic carbocycles. The van der Waals surface area contributed by atoms with E-state index >= 15 is 0 Å². The molecule has 0 fully saturated rings. The number of alkyl carbamates (subject to hydrolysis) is 1. The first kappa shape index (κ1) is 29.9. The van der Waals surface area contributed by atoms with E-state index in [1.807, 2.05) is 33.8 Å². The van der Waals surface area contributed by atoms with Gasteiger partial charge in [-0.2, -0.15) is 0 Å². The molecule has 10 heteroatoms. The Kier molecular flexibility index (Phi) is 11.7. The number of ketones is 3. The molecule has 0 unspecified atom stereocenters. The maximum Gasteiger partial charge on any atom is 0.408 e. The van der Waals surface area contributed by atoms with E-state index in [0.29, 0.717) is 6.42 Å². The third-order valence-corrected chi connectivity index (χ3v) is 5.21. The molecule has 0 bridgehead atoms. The molecule has 0 aliphatic heterocycles. The van der Waals surface area contributed by atoms with Gasteiger partial charge >= 0.3 is 6.09 Å². The lowest BCUT2D eigenvalue weighted by Gasteiger charge is -2.28. The first-order chi connectivity index (χ1) is 16.2. The molecule has 0 radical (unpaired) electrons. The minimum absolute atomic E-state index is 0.0144. The van der Waals surface area contributed by atoms with Gasteiger partial charge in [-0.3, -0.25) is 19.2 Å². The largest absolute Gasteiger partial charge is 0.445 e. The molecule has 0 aliphatic rings. The molecule has 0 heterocycles. The molecule has 194 valence electrons. The summed E-state index contributed by atoms with van der Waals surface area (Å²) in [4.78, 5) is 62.5. The highest BCUT2D eigenvalue weighted by atomic mass is 16.5. The number of hydrogen-bond donors (Lipinski definition) is 4. The highest BCUT2D eigenvalue weighted by Crippen LogP contribution is 2.14. The number of carbonyl (C=O) groups is 5. The Morgan fingerprint density at radius 3 is 1.94 bits per heavy atom. The Labute approximate surface area is 206 Å². The molecular formula is C25H38N4O6. The van der Waals surface area contributed by atoms with Gasteiger partial charge in [0.1, 0.15) is 6.61 Å². The van der Waals surface area contributed by atoms with Crippen LogP contribution in [-0.4, -0.2) is 47.1 Å². The van der Waals surface area contributed by atoms with Crippen LogP contribution in [0.15, 0.2) is 30.3 Å². The standard InChI is InChI=1S/C25H38N4O6/c1-15(2)11-19(28-17(5)30)21(31)13-22(32)25(26,27)23(33)20(12-16(3)4)29-24(34)35-14-18-9-7-6-8-10-18/h6-10,15-16,19-20H,11-14,26-27H2,1-5H3,(H,28,30)(H,29,34)/t19-,20-/m0/s1. The summed E-state index contributed by atoms with van der Waals surface area (Å²) in [7, 11) is 0. The Balaban J connectivity index is 2.91. The van der Waals surface area contributed by atoms with Crippen LogP contribution in [0, 0.1) is 11.8 Å². The van der Waals surface area contributed by atoms with Crippen LogP contribution < -0.4 is 22.1 Å². The number of ether oxygens (including phenoxy) is 1. The second-order valence-electron chi connectivity index (χ2n) is 9.57. The number of nitrogens with one attached hydrogen (secondary N) is 2. The molecule has 35 heavy (non-hydrogen) atoms. The van der Waals surface area contributed by atoms with Gasteiger partial charge in [0.2, 0.25) is 5.91 Å². The van der Waals surface area contributed by atoms with E-state index in [2.05, 4.69) is 10.6 Å². The average Bonchev–Trinajstić information content (AvgIpc) is 2.75. The normalized spacial score (nSPS) is 13.2. The molecule has 1 aromatic rings. The molecule has 0 spiro atoms. The van der Waals surface area contributed by atoms with Crippen LogP contribution in [0.3, 0.4) is 0 Å². The van der Waals surface area contributed by atoms with E-state index in [1.54, 1.807) is 24.3 Å².